The highest BCUT2D eigenvalue weighted by molar-refractivity contribution is 5.16. The molecular formula is C15H27N3O. The third-order valence-corrected chi connectivity index (χ3v) is 4.58. The highest BCUT2D eigenvalue weighted by atomic mass is 16.5. The summed E-state index contributed by atoms with van der Waals surface area (Å²) in [6, 6.07) is 0.957. The molecule has 0 bridgehead atoms. The average molecular weight is 265 g/mol. The van der Waals surface area contributed by atoms with E-state index in [1.54, 1.807) is 0 Å². The van der Waals surface area contributed by atoms with E-state index in [1.807, 2.05) is 17.1 Å². The summed E-state index contributed by atoms with van der Waals surface area (Å²) in [7, 11) is 0. The van der Waals surface area contributed by atoms with Crippen molar-refractivity contribution in [2.45, 2.75) is 65.6 Å². The Morgan fingerprint density at radius 1 is 1.53 bits per heavy atom. The summed E-state index contributed by atoms with van der Waals surface area (Å²) in [5, 5.41) is 7.89. The van der Waals surface area contributed by atoms with Crippen LogP contribution in [0.1, 0.15) is 53.5 Å². The van der Waals surface area contributed by atoms with Crippen LogP contribution in [0.4, 0.5) is 0 Å². The molecule has 0 spiro atoms. The summed E-state index contributed by atoms with van der Waals surface area (Å²) in [6.07, 6.45) is 6.35. The average Bonchev–Trinajstić information content (AvgIpc) is 2.85. The van der Waals surface area contributed by atoms with Crippen LogP contribution in [-0.4, -0.2) is 28.5 Å². The van der Waals surface area contributed by atoms with Crippen LogP contribution in [0.5, 0.6) is 5.75 Å². The lowest BCUT2D eigenvalue weighted by atomic mass is 9.61. The Morgan fingerprint density at radius 2 is 2.26 bits per heavy atom. The van der Waals surface area contributed by atoms with Crippen molar-refractivity contribution in [1.29, 1.82) is 0 Å². The number of aromatic nitrogens is 2. The standard InChI is InChI=1S/C15H27N3O/c1-6-15(5)13(16-7-2)8-14(15)19-12-9-17-18(10-12)11(3)4/h9-11,13-14,16H,6-8H2,1-5H3. The maximum absolute atomic E-state index is 6.14. The zero-order chi connectivity index (χ0) is 14.0. The summed E-state index contributed by atoms with van der Waals surface area (Å²) in [4.78, 5) is 0. The summed E-state index contributed by atoms with van der Waals surface area (Å²) >= 11 is 0. The minimum absolute atomic E-state index is 0.232. The predicted molar refractivity (Wildman–Crippen MR) is 77.5 cm³/mol. The van der Waals surface area contributed by atoms with Crippen molar-refractivity contribution in [3.63, 3.8) is 0 Å². The SMILES string of the molecule is CCNC1CC(Oc2cnn(C(C)C)c2)C1(C)CC. The number of rotatable bonds is 6. The van der Waals surface area contributed by atoms with Gasteiger partial charge < -0.3 is 10.1 Å². The second-order valence-electron chi connectivity index (χ2n) is 6.06. The molecule has 19 heavy (non-hydrogen) atoms. The number of hydrogen-bond acceptors (Lipinski definition) is 3. The van der Waals surface area contributed by atoms with Gasteiger partial charge in [0.2, 0.25) is 0 Å². The van der Waals surface area contributed by atoms with E-state index >= 15 is 0 Å². The van der Waals surface area contributed by atoms with Gasteiger partial charge in [-0.3, -0.25) is 4.68 Å². The Bertz CT molecular complexity index is 415. The molecule has 2 rings (SSSR count). The first-order chi connectivity index (χ1) is 9.01. The van der Waals surface area contributed by atoms with Gasteiger partial charge in [-0.25, -0.2) is 0 Å². The van der Waals surface area contributed by atoms with E-state index in [0.29, 0.717) is 18.2 Å². The Balaban J connectivity index is 1.99. The minimum atomic E-state index is 0.232. The van der Waals surface area contributed by atoms with Gasteiger partial charge in [-0.15, -0.1) is 0 Å². The fourth-order valence-corrected chi connectivity index (χ4v) is 2.86. The van der Waals surface area contributed by atoms with E-state index in [-0.39, 0.29) is 5.41 Å². The van der Waals surface area contributed by atoms with Crippen molar-refractivity contribution < 1.29 is 4.74 Å². The van der Waals surface area contributed by atoms with Crippen molar-refractivity contribution in [3.05, 3.63) is 12.4 Å². The van der Waals surface area contributed by atoms with E-state index in [9.17, 15) is 0 Å². The van der Waals surface area contributed by atoms with Crippen LogP contribution in [-0.2, 0) is 0 Å². The first kappa shape index (κ1) is 14.4. The number of ether oxygens (including phenoxy) is 1. The molecule has 0 aromatic carbocycles. The van der Waals surface area contributed by atoms with Gasteiger partial charge in [-0.05, 0) is 26.8 Å². The van der Waals surface area contributed by atoms with Gasteiger partial charge in [0.1, 0.15) is 6.10 Å². The summed E-state index contributed by atoms with van der Waals surface area (Å²) in [5.41, 5.74) is 0.232. The van der Waals surface area contributed by atoms with Gasteiger partial charge in [-0.1, -0.05) is 20.8 Å². The van der Waals surface area contributed by atoms with Crippen molar-refractivity contribution in [2.75, 3.05) is 6.54 Å². The van der Waals surface area contributed by atoms with Crippen LogP contribution >= 0.6 is 0 Å². The second kappa shape index (κ2) is 5.53. The molecule has 1 saturated carbocycles. The van der Waals surface area contributed by atoms with E-state index < -0.39 is 0 Å². The van der Waals surface area contributed by atoms with Crippen LogP contribution in [0.2, 0.25) is 0 Å². The fourth-order valence-electron chi connectivity index (χ4n) is 2.86. The molecule has 1 aromatic heterocycles. The van der Waals surface area contributed by atoms with Crippen LogP contribution < -0.4 is 10.1 Å². The van der Waals surface area contributed by atoms with Crippen molar-refractivity contribution in [3.8, 4) is 5.75 Å². The zero-order valence-electron chi connectivity index (χ0n) is 12.8. The summed E-state index contributed by atoms with van der Waals surface area (Å²) in [6.45, 7) is 12.0. The van der Waals surface area contributed by atoms with Gasteiger partial charge in [-0.2, -0.15) is 5.10 Å². The van der Waals surface area contributed by atoms with Crippen molar-refractivity contribution in [1.82, 2.24) is 15.1 Å². The molecule has 1 heterocycles. The number of nitrogens with zero attached hydrogens (tertiary/aromatic N) is 2. The molecule has 0 aliphatic heterocycles. The lowest BCUT2D eigenvalue weighted by Gasteiger charge is -2.53. The molecule has 0 saturated heterocycles. The molecule has 0 radical (unpaired) electrons. The smallest absolute Gasteiger partial charge is 0.157 e. The molecule has 3 unspecified atom stereocenters. The molecule has 4 heteroatoms. The Kier molecular flexibility index (Phi) is 4.19. The second-order valence-corrected chi connectivity index (χ2v) is 6.06. The number of nitrogens with one attached hydrogen (secondary N) is 1. The normalized spacial score (nSPS) is 30.4. The van der Waals surface area contributed by atoms with Crippen LogP contribution in [0.25, 0.3) is 0 Å². The topological polar surface area (TPSA) is 39.1 Å². The molecule has 1 aliphatic rings. The first-order valence-electron chi connectivity index (χ1n) is 7.45. The third-order valence-electron chi connectivity index (χ3n) is 4.58. The monoisotopic (exact) mass is 265 g/mol. The molecule has 0 amide bonds. The molecule has 1 aliphatic carbocycles. The molecule has 3 atom stereocenters. The molecule has 1 aromatic rings. The Hall–Kier alpha value is -1.03. The maximum atomic E-state index is 6.14. The van der Waals surface area contributed by atoms with Gasteiger partial charge in [0.15, 0.2) is 5.75 Å². The van der Waals surface area contributed by atoms with Crippen molar-refractivity contribution >= 4 is 0 Å². The highest BCUT2D eigenvalue weighted by Crippen LogP contribution is 2.46. The van der Waals surface area contributed by atoms with Crippen LogP contribution in [0.15, 0.2) is 12.4 Å². The largest absolute Gasteiger partial charge is 0.486 e. The minimum Gasteiger partial charge on any atom is -0.486 e. The highest BCUT2D eigenvalue weighted by Gasteiger charge is 2.51. The van der Waals surface area contributed by atoms with E-state index in [4.69, 9.17) is 4.74 Å². The molecule has 4 nitrogen and oxygen atoms in total. The van der Waals surface area contributed by atoms with Gasteiger partial charge in [0, 0.05) is 23.9 Å². The van der Waals surface area contributed by atoms with Gasteiger partial charge in [0.25, 0.3) is 0 Å². The number of hydrogen-bond donors (Lipinski definition) is 1. The quantitative estimate of drug-likeness (QED) is 0.859. The lowest BCUT2D eigenvalue weighted by Crippen LogP contribution is -2.63. The first-order valence-corrected chi connectivity index (χ1v) is 7.45. The zero-order valence-corrected chi connectivity index (χ0v) is 12.8. The predicted octanol–water partition coefficient (Wildman–Crippen LogP) is 3.01. The lowest BCUT2D eigenvalue weighted by molar-refractivity contribution is -0.0697. The molecule has 108 valence electrons. The third kappa shape index (κ3) is 2.64. The fraction of sp³-hybridized carbons (Fsp3) is 0.800. The Morgan fingerprint density at radius 3 is 2.79 bits per heavy atom. The van der Waals surface area contributed by atoms with Crippen LogP contribution in [0, 0.1) is 5.41 Å². The Labute approximate surface area is 116 Å². The molecular weight excluding hydrogens is 238 g/mol. The van der Waals surface area contributed by atoms with E-state index in [2.05, 4.69) is 45.0 Å². The van der Waals surface area contributed by atoms with E-state index in [0.717, 1.165) is 25.1 Å². The maximum Gasteiger partial charge on any atom is 0.157 e. The van der Waals surface area contributed by atoms with E-state index in [1.165, 1.54) is 0 Å². The van der Waals surface area contributed by atoms with Gasteiger partial charge >= 0.3 is 0 Å². The molecule has 1 fully saturated rings. The summed E-state index contributed by atoms with van der Waals surface area (Å²) < 4.78 is 8.08. The van der Waals surface area contributed by atoms with Crippen LogP contribution in [0.3, 0.4) is 0 Å². The van der Waals surface area contributed by atoms with Crippen molar-refractivity contribution in [2.24, 2.45) is 5.41 Å². The summed E-state index contributed by atoms with van der Waals surface area (Å²) in [5.74, 6) is 0.897. The van der Waals surface area contributed by atoms with Gasteiger partial charge in [0.05, 0.1) is 12.4 Å². The molecule has 1 N–H and O–H groups in total.